The number of carbonyl (C=O) groups excluding carboxylic acids is 3. The highest BCUT2D eigenvalue weighted by molar-refractivity contribution is 6.06. The number of likely N-dealkylation sites (N-methyl/N-ethyl adjacent to an activating group) is 1. The van der Waals surface area contributed by atoms with Crippen LogP contribution in [0.25, 0.3) is 0 Å². The normalized spacial score (nSPS) is 12.2. The van der Waals surface area contributed by atoms with E-state index in [1.54, 1.807) is 53.3 Å². The van der Waals surface area contributed by atoms with Crippen molar-refractivity contribution in [3.8, 4) is 0 Å². The molecule has 1 aromatic heterocycles. The fraction of sp³-hybridized carbons (Fsp3) is 0.588. The van der Waals surface area contributed by atoms with Gasteiger partial charge in [-0.25, -0.2) is 4.79 Å². The summed E-state index contributed by atoms with van der Waals surface area (Å²) in [6.07, 6.45) is 0. The largest absolute Gasteiger partial charge is 0.464 e. The van der Waals surface area contributed by atoms with Crippen LogP contribution in [0, 0.1) is 19.8 Å². The van der Waals surface area contributed by atoms with Crippen molar-refractivity contribution < 1.29 is 19.1 Å². The monoisotopic (exact) mass is 322 g/mol. The van der Waals surface area contributed by atoms with E-state index in [2.05, 4.69) is 0 Å². The average molecular weight is 322 g/mol. The number of hydrogen-bond acceptors (Lipinski definition) is 4. The number of aromatic nitrogens is 1. The summed E-state index contributed by atoms with van der Waals surface area (Å²) < 4.78 is 6.45. The molecule has 1 atom stereocenters. The molecule has 1 amide bonds. The summed E-state index contributed by atoms with van der Waals surface area (Å²) in [5.41, 5.74) is 2.10. The Bertz CT molecular complexity index is 644. The summed E-state index contributed by atoms with van der Waals surface area (Å²) in [6.45, 7) is 8.80. The quantitative estimate of drug-likeness (QED) is 0.615. The van der Waals surface area contributed by atoms with Gasteiger partial charge in [-0.1, -0.05) is 13.8 Å². The zero-order chi connectivity index (χ0) is 18.1. The standard InChI is InChI=1S/C17H26N2O4/c1-9(2)16(21)19(7)12(5)15(20)13-10(3)14(17(22)23-8)18(6)11(13)4/h9,12H,1-8H3/t12-/m1/s1. The van der Waals surface area contributed by atoms with E-state index in [1.807, 2.05) is 0 Å². The van der Waals surface area contributed by atoms with E-state index < -0.39 is 12.0 Å². The highest BCUT2D eigenvalue weighted by Gasteiger charge is 2.31. The molecule has 6 heteroatoms. The number of hydrogen-bond donors (Lipinski definition) is 0. The van der Waals surface area contributed by atoms with Crippen molar-refractivity contribution in [1.29, 1.82) is 0 Å². The fourth-order valence-electron chi connectivity index (χ4n) is 2.71. The molecule has 0 saturated carbocycles. The Morgan fingerprint density at radius 2 is 1.65 bits per heavy atom. The summed E-state index contributed by atoms with van der Waals surface area (Å²) in [4.78, 5) is 38.4. The van der Waals surface area contributed by atoms with E-state index in [4.69, 9.17) is 4.74 Å². The van der Waals surface area contributed by atoms with Crippen molar-refractivity contribution in [2.24, 2.45) is 13.0 Å². The molecule has 128 valence electrons. The molecule has 0 N–H and O–H groups in total. The molecular formula is C17H26N2O4. The SMILES string of the molecule is COC(=O)c1c(C)c(C(=O)[C@@H](C)N(C)C(=O)C(C)C)c(C)n1C. The lowest BCUT2D eigenvalue weighted by atomic mass is 9.99. The van der Waals surface area contributed by atoms with Gasteiger partial charge >= 0.3 is 5.97 Å². The summed E-state index contributed by atoms with van der Waals surface area (Å²) in [5.74, 6) is -0.933. The number of amides is 1. The van der Waals surface area contributed by atoms with E-state index >= 15 is 0 Å². The molecule has 0 spiro atoms. The second-order valence-electron chi connectivity index (χ2n) is 6.13. The van der Waals surface area contributed by atoms with Gasteiger partial charge in [0.2, 0.25) is 5.91 Å². The van der Waals surface area contributed by atoms with Crippen LogP contribution >= 0.6 is 0 Å². The maximum atomic E-state index is 12.9. The fourth-order valence-corrected chi connectivity index (χ4v) is 2.71. The van der Waals surface area contributed by atoms with Gasteiger partial charge in [-0.05, 0) is 26.3 Å². The number of carbonyl (C=O) groups is 3. The van der Waals surface area contributed by atoms with Gasteiger partial charge in [-0.15, -0.1) is 0 Å². The first-order valence-corrected chi connectivity index (χ1v) is 7.61. The van der Waals surface area contributed by atoms with E-state index in [0.29, 0.717) is 22.5 Å². The van der Waals surface area contributed by atoms with Crippen LogP contribution in [0.15, 0.2) is 0 Å². The van der Waals surface area contributed by atoms with E-state index in [-0.39, 0.29) is 17.6 Å². The molecule has 0 aliphatic rings. The lowest BCUT2D eigenvalue weighted by Crippen LogP contribution is -2.42. The lowest BCUT2D eigenvalue weighted by molar-refractivity contribution is -0.134. The lowest BCUT2D eigenvalue weighted by Gasteiger charge is -2.25. The Morgan fingerprint density at radius 1 is 1.13 bits per heavy atom. The number of nitrogens with zero attached hydrogens (tertiary/aromatic N) is 2. The smallest absolute Gasteiger partial charge is 0.354 e. The van der Waals surface area contributed by atoms with Crippen LogP contribution in [-0.4, -0.2) is 47.3 Å². The molecule has 1 aromatic rings. The molecule has 1 heterocycles. The van der Waals surface area contributed by atoms with Gasteiger partial charge < -0.3 is 14.2 Å². The van der Waals surface area contributed by atoms with Crippen LogP contribution in [0.2, 0.25) is 0 Å². The first-order valence-electron chi connectivity index (χ1n) is 7.61. The molecule has 6 nitrogen and oxygen atoms in total. The highest BCUT2D eigenvalue weighted by Crippen LogP contribution is 2.24. The van der Waals surface area contributed by atoms with Gasteiger partial charge in [0, 0.05) is 31.3 Å². The molecule has 0 radical (unpaired) electrons. The molecule has 0 fully saturated rings. The van der Waals surface area contributed by atoms with Crippen molar-refractivity contribution in [1.82, 2.24) is 9.47 Å². The van der Waals surface area contributed by atoms with E-state index in [0.717, 1.165) is 0 Å². The molecule has 0 aliphatic carbocycles. The van der Waals surface area contributed by atoms with Gasteiger partial charge in [0.25, 0.3) is 0 Å². The van der Waals surface area contributed by atoms with Crippen LogP contribution in [0.3, 0.4) is 0 Å². The zero-order valence-corrected chi connectivity index (χ0v) is 15.2. The predicted octanol–water partition coefficient (Wildman–Crippen LogP) is 2.11. The van der Waals surface area contributed by atoms with Crippen LogP contribution in [0.5, 0.6) is 0 Å². The van der Waals surface area contributed by atoms with Gasteiger partial charge in [0.05, 0.1) is 13.2 Å². The van der Waals surface area contributed by atoms with Crippen molar-refractivity contribution in [3.63, 3.8) is 0 Å². The van der Waals surface area contributed by atoms with Crippen molar-refractivity contribution in [2.75, 3.05) is 14.2 Å². The molecular weight excluding hydrogens is 296 g/mol. The van der Waals surface area contributed by atoms with Gasteiger partial charge in [-0.3, -0.25) is 9.59 Å². The van der Waals surface area contributed by atoms with Crippen LogP contribution < -0.4 is 0 Å². The van der Waals surface area contributed by atoms with Gasteiger partial charge in [-0.2, -0.15) is 0 Å². The Labute approximate surface area is 137 Å². The summed E-state index contributed by atoms with van der Waals surface area (Å²) >= 11 is 0. The molecule has 0 bridgehead atoms. The molecule has 1 rings (SSSR count). The van der Waals surface area contributed by atoms with Crippen molar-refractivity contribution >= 4 is 17.7 Å². The minimum atomic E-state index is -0.602. The summed E-state index contributed by atoms with van der Waals surface area (Å²) in [7, 11) is 4.65. The number of esters is 1. The Morgan fingerprint density at radius 3 is 2.09 bits per heavy atom. The zero-order valence-electron chi connectivity index (χ0n) is 15.2. The second kappa shape index (κ2) is 6.98. The Kier molecular flexibility index (Phi) is 5.75. The number of rotatable bonds is 5. The minimum Gasteiger partial charge on any atom is -0.464 e. The van der Waals surface area contributed by atoms with E-state index in [1.165, 1.54) is 12.0 Å². The Hall–Kier alpha value is -2.11. The molecule has 0 unspecified atom stereocenters. The third-order valence-electron chi connectivity index (χ3n) is 4.36. The molecule has 23 heavy (non-hydrogen) atoms. The van der Waals surface area contributed by atoms with Crippen LogP contribution in [-0.2, 0) is 16.6 Å². The Balaban J connectivity index is 3.29. The topological polar surface area (TPSA) is 68.6 Å². The van der Waals surface area contributed by atoms with E-state index in [9.17, 15) is 14.4 Å². The summed E-state index contributed by atoms with van der Waals surface area (Å²) in [6, 6.07) is -0.602. The number of Topliss-reactive ketones (excluding diaryl/α,β-unsaturated/α-hetero) is 1. The maximum Gasteiger partial charge on any atom is 0.354 e. The first-order chi connectivity index (χ1) is 10.6. The third-order valence-corrected chi connectivity index (χ3v) is 4.36. The first kappa shape index (κ1) is 18.9. The van der Waals surface area contributed by atoms with Crippen molar-refractivity contribution in [3.05, 3.63) is 22.5 Å². The number of ether oxygens (including phenoxy) is 1. The van der Waals surface area contributed by atoms with Crippen LogP contribution in [0.4, 0.5) is 0 Å². The summed E-state index contributed by atoms with van der Waals surface area (Å²) in [5, 5.41) is 0. The number of ketones is 1. The number of methoxy groups -OCH3 is 1. The second-order valence-corrected chi connectivity index (χ2v) is 6.13. The van der Waals surface area contributed by atoms with Crippen molar-refractivity contribution in [2.45, 2.75) is 40.7 Å². The molecule has 0 saturated heterocycles. The highest BCUT2D eigenvalue weighted by atomic mass is 16.5. The molecule has 0 aliphatic heterocycles. The minimum absolute atomic E-state index is 0.0923. The van der Waals surface area contributed by atoms with Crippen LogP contribution in [0.1, 0.15) is 52.9 Å². The van der Waals surface area contributed by atoms with Gasteiger partial charge in [0.15, 0.2) is 5.78 Å². The predicted molar refractivity (Wildman–Crippen MR) is 87.6 cm³/mol. The maximum absolute atomic E-state index is 12.9. The van der Waals surface area contributed by atoms with Gasteiger partial charge in [0.1, 0.15) is 5.69 Å². The molecule has 0 aromatic carbocycles. The average Bonchev–Trinajstić information content (AvgIpc) is 2.73. The third kappa shape index (κ3) is 3.30.